The number of fused-ring (bicyclic) bond motifs is 3. The molecule has 102 valence electrons. The normalized spacial score (nSPS) is 11.3. The van der Waals surface area contributed by atoms with Crippen LogP contribution >= 0.6 is 11.6 Å². The number of Topliss-reactive ketones (excluding diaryl/α,β-unsaturated/α-hetero) is 1. The number of halogens is 1. The molecule has 3 rings (SSSR count). The fourth-order valence-corrected chi connectivity index (χ4v) is 2.85. The van der Waals surface area contributed by atoms with Crippen molar-refractivity contribution in [2.75, 3.05) is 5.88 Å². The second kappa shape index (κ2) is 5.29. The van der Waals surface area contributed by atoms with Gasteiger partial charge in [0.05, 0.1) is 0 Å². The maximum Gasteiger partial charge on any atom is 0.159 e. The van der Waals surface area contributed by atoms with E-state index >= 15 is 0 Å². The van der Waals surface area contributed by atoms with E-state index in [1.807, 2.05) is 30.3 Å². The maximum atomic E-state index is 11.6. The van der Waals surface area contributed by atoms with Crippen LogP contribution in [0.5, 0.6) is 0 Å². The number of hydrogen-bond acceptors (Lipinski definition) is 1. The third-order valence-corrected chi connectivity index (χ3v) is 3.96. The minimum absolute atomic E-state index is 0.101. The number of aromatic nitrogens is 1. The fraction of sp³-hybridized carbons (Fsp3) is 0.235. The van der Waals surface area contributed by atoms with Crippen LogP contribution in [-0.2, 0) is 6.54 Å². The molecule has 2 nitrogen and oxygen atoms in total. The molecule has 0 atom stereocenters. The molecule has 0 aliphatic rings. The van der Waals surface area contributed by atoms with Crippen LogP contribution in [0.15, 0.2) is 42.5 Å². The van der Waals surface area contributed by atoms with Crippen LogP contribution in [0.25, 0.3) is 21.8 Å². The zero-order chi connectivity index (χ0) is 14.1. The largest absolute Gasteiger partial charge is 0.340 e. The second-order valence-corrected chi connectivity index (χ2v) is 5.38. The molecule has 0 spiro atoms. The molecule has 0 saturated carbocycles. The third kappa shape index (κ3) is 2.10. The average molecular weight is 286 g/mol. The molecule has 1 aromatic heterocycles. The number of rotatable bonds is 4. The number of ketones is 1. The molecule has 0 bridgehead atoms. The molecule has 0 fully saturated rings. The second-order valence-electron chi connectivity index (χ2n) is 5.00. The number of alkyl halides is 1. The Balaban J connectivity index is 2.32. The van der Waals surface area contributed by atoms with Crippen LogP contribution in [0.1, 0.15) is 23.7 Å². The van der Waals surface area contributed by atoms with Gasteiger partial charge < -0.3 is 4.57 Å². The number of carbonyl (C=O) groups is 1. The first kappa shape index (κ1) is 13.2. The Labute approximate surface area is 123 Å². The maximum absolute atomic E-state index is 11.6. The van der Waals surface area contributed by atoms with E-state index in [-0.39, 0.29) is 5.78 Å². The van der Waals surface area contributed by atoms with E-state index in [0.717, 1.165) is 23.9 Å². The molecule has 20 heavy (non-hydrogen) atoms. The zero-order valence-corrected chi connectivity index (χ0v) is 12.2. The molecule has 3 aromatic rings. The Morgan fingerprint density at radius 2 is 1.85 bits per heavy atom. The van der Waals surface area contributed by atoms with Crippen molar-refractivity contribution in [2.45, 2.75) is 19.9 Å². The van der Waals surface area contributed by atoms with Gasteiger partial charge in [0.25, 0.3) is 0 Å². The molecule has 2 aromatic carbocycles. The lowest BCUT2D eigenvalue weighted by atomic mass is 10.1. The highest BCUT2D eigenvalue weighted by molar-refractivity contribution is 6.17. The van der Waals surface area contributed by atoms with Crippen molar-refractivity contribution < 1.29 is 4.79 Å². The van der Waals surface area contributed by atoms with Crippen molar-refractivity contribution in [2.24, 2.45) is 0 Å². The van der Waals surface area contributed by atoms with E-state index in [1.54, 1.807) is 6.92 Å². The van der Waals surface area contributed by atoms with Crippen LogP contribution in [-0.4, -0.2) is 16.2 Å². The van der Waals surface area contributed by atoms with Crippen LogP contribution in [0.2, 0.25) is 0 Å². The molecule has 3 heteroatoms. The monoisotopic (exact) mass is 285 g/mol. The Hall–Kier alpha value is -1.80. The lowest BCUT2D eigenvalue weighted by Gasteiger charge is -2.06. The fourth-order valence-electron chi connectivity index (χ4n) is 2.73. The van der Waals surface area contributed by atoms with E-state index in [2.05, 4.69) is 16.7 Å². The summed E-state index contributed by atoms with van der Waals surface area (Å²) in [5, 5.41) is 2.34. The lowest BCUT2D eigenvalue weighted by Crippen LogP contribution is -1.98. The van der Waals surface area contributed by atoms with Crippen molar-refractivity contribution in [1.29, 1.82) is 0 Å². The van der Waals surface area contributed by atoms with Crippen molar-refractivity contribution in [3.8, 4) is 0 Å². The molecule has 0 amide bonds. The molecule has 0 N–H and O–H groups in total. The Morgan fingerprint density at radius 1 is 1.10 bits per heavy atom. The number of carbonyl (C=O) groups excluding carboxylic acids is 1. The molecular formula is C17H16ClNO. The topological polar surface area (TPSA) is 22.0 Å². The summed E-state index contributed by atoms with van der Waals surface area (Å²) in [4.78, 5) is 11.6. The number of para-hydroxylation sites is 1. The van der Waals surface area contributed by atoms with Crippen molar-refractivity contribution in [3.05, 3.63) is 48.0 Å². The van der Waals surface area contributed by atoms with Crippen LogP contribution in [0.4, 0.5) is 0 Å². The van der Waals surface area contributed by atoms with E-state index in [0.29, 0.717) is 5.88 Å². The number of aryl methyl sites for hydroxylation is 1. The molecular weight excluding hydrogens is 270 g/mol. The highest BCUT2D eigenvalue weighted by Gasteiger charge is 2.11. The van der Waals surface area contributed by atoms with Crippen molar-refractivity contribution in [3.63, 3.8) is 0 Å². The highest BCUT2D eigenvalue weighted by Crippen LogP contribution is 2.30. The summed E-state index contributed by atoms with van der Waals surface area (Å²) in [5.74, 6) is 0.754. The highest BCUT2D eigenvalue weighted by atomic mass is 35.5. The standard InChI is InChI=1S/C17H16ClNO/c1-12(20)13-7-8-17-15(11-13)14-5-2-3-6-16(14)19(17)10-4-9-18/h2-3,5-8,11H,4,9-10H2,1H3. The van der Waals surface area contributed by atoms with Gasteiger partial charge in [0.1, 0.15) is 0 Å². The van der Waals surface area contributed by atoms with E-state index in [1.165, 1.54) is 16.4 Å². The molecule has 1 heterocycles. The summed E-state index contributed by atoms with van der Waals surface area (Å²) >= 11 is 5.83. The Morgan fingerprint density at radius 3 is 2.60 bits per heavy atom. The van der Waals surface area contributed by atoms with Crippen LogP contribution in [0, 0.1) is 0 Å². The van der Waals surface area contributed by atoms with Crippen LogP contribution in [0.3, 0.4) is 0 Å². The molecule has 0 saturated heterocycles. The van der Waals surface area contributed by atoms with Crippen molar-refractivity contribution in [1.82, 2.24) is 4.57 Å². The van der Waals surface area contributed by atoms with E-state index in [4.69, 9.17) is 11.6 Å². The van der Waals surface area contributed by atoms with Crippen molar-refractivity contribution >= 4 is 39.2 Å². The first-order valence-corrected chi connectivity index (χ1v) is 7.33. The van der Waals surface area contributed by atoms with Gasteiger partial charge in [-0.1, -0.05) is 18.2 Å². The lowest BCUT2D eigenvalue weighted by molar-refractivity contribution is 0.101. The van der Waals surface area contributed by atoms with Gasteiger partial charge in [0, 0.05) is 39.8 Å². The minimum atomic E-state index is 0.101. The number of benzene rings is 2. The first-order valence-electron chi connectivity index (χ1n) is 6.80. The average Bonchev–Trinajstić information content (AvgIpc) is 2.78. The summed E-state index contributed by atoms with van der Waals surface area (Å²) < 4.78 is 2.29. The van der Waals surface area contributed by atoms with Gasteiger partial charge in [-0.2, -0.15) is 0 Å². The van der Waals surface area contributed by atoms with Gasteiger partial charge in [0.15, 0.2) is 5.78 Å². The first-order chi connectivity index (χ1) is 9.72. The predicted octanol–water partition coefficient (Wildman–Crippen LogP) is 4.63. The molecule has 0 radical (unpaired) electrons. The number of hydrogen-bond donors (Lipinski definition) is 0. The number of nitrogens with zero attached hydrogens (tertiary/aromatic N) is 1. The minimum Gasteiger partial charge on any atom is -0.340 e. The molecule has 0 aliphatic heterocycles. The Bertz CT molecular complexity index is 788. The van der Waals surface area contributed by atoms with Crippen LogP contribution < -0.4 is 0 Å². The summed E-state index contributed by atoms with van der Waals surface area (Å²) in [5.41, 5.74) is 3.13. The summed E-state index contributed by atoms with van der Waals surface area (Å²) in [6.07, 6.45) is 0.934. The van der Waals surface area contributed by atoms with Gasteiger partial charge in [-0.3, -0.25) is 4.79 Å². The zero-order valence-electron chi connectivity index (χ0n) is 11.4. The quantitative estimate of drug-likeness (QED) is 0.506. The summed E-state index contributed by atoms with van der Waals surface area (Å²) in [7, 11) is 0. The van der Waals surface area contributed by atoms with E-state index in [9.17, 15) is 4.79 Å². The third-order valence-electron chi connectivity index (χ3n) is 3.69. The Kier molecular flexibility index (Phi) is 3.49. The van der Waals surface area contributed by atoms with Gasteiger partial charge in [-0.15, -0.1) is 11.6 Å². The van der Waals surface area contributed by atoms with Gasteiger partial charge in [-0.25, -0.2) is 0 Å². The van der Waals surface area contributed by atoms with Gasteiger partial charge in [-0.05, 0) is 37.6 Å². The van der Waals surface area contributed by atoms with Gasteiger partial charge in [0.2, 0.25) is 0 Å². The summed E-state index contributed by atoms with van der Waals surface area (Å²) in [6.45, 7) is 2.50. The summed E-state index contributed by atoms with van der Waals surface area (Å²) in [6, 6.07) is 14.3. The smallest absolute Gasteiger partial charge is 0.159 e. The van der Waals surface area contributed by atoms with E-state index < -0.39 is 0 Å². The SMILES string of the molecule is CC(=O)c1ccc2c(c1)c1ccccc1n2CCCCl. The molecule has 0 aliphatic carbocycles. The molecule has 0 unspecified atom stereocenters. The predicted molar refractivity (Wildman–Crippen MR) is 84.8 cm³/mol. The van der Waals surface area contributed by atoms with Gasteiger partial charge >= 0.3 is 0 Å².